The third-order valence-electron chi connectivity index (χ3n) is 10.5. The van der Waals surface area contributed by atoms with Gasteiger partial charge in [-0.15, -0.1) is 0 Å². The third kappa shape index (κ3) is 7.86. The van der Waals surface area contributed by atoms with Gasteiger partial charge in [-0.1, -0.05) is 27.7 Å². The second-order valence-electron chi connectivity index (χ2n) is 14.8. The van der Waals surface area contributed by atoms with E-state index >= 15 is 0 Å². The fourth-order valence-corrected chi connectivity index (χ4v) is 7.78. The lowest BCUT2D eigenvalue weighted by Crippen LogP contribution is -2.61. The van der Waals surface area contributed by atoms with Gasteiger partial charge in [0.05, 0.1) is 17.8 Å². The molecular weight excluding hydrogens is 610 g/mol. The number of nitrogens with one attached hydrogen (secondary N) is 1. The van der Waals surface area contributed by atoms with Gasteiger partial charge < -0.3 is 33.7 Å². The number of hydrogen-bond acceptors (Lipinski definition) is 12. The highest BCUT2D eigenvalue weighted by Gasteiger charge is 2.61. The van der Waals surface area contributed by atoms with Crippen LogP contribution in [0.4, 0.5) is 4.79 Å². The van der Waals surface area contributed by atoms with E-state index in [-0.39, 0.29) is 36.8 Å². The summed E-state index contributed by atoms with van der Waals surface area (Å²) in [5.41, 5.74) is 0.469. The first kappa shape index (κ1) is 39.3. The Bertz CT molecular complexity index is 1150. The molecule has 0 saturated carbocycles. The van der Waals surface area contributed by atoms with Crippen LogP contribution in [0, 0.1) is 23.7 Å². The quantitative estimate of drug-likeness (QED) is 0.303. The van der Waals surface area contributed by atoms with E-state index < -0.39 is 83.4 Å². The summed E-state index contributed by atoms with van der Waals surface area (Å²) in [5.74, 6) is -4.94. The molecule has 0 spiro atoms. The molecule has 0 aromatic carbocycles. The summed E-state index contributed by atoms with van der Waals surface area (Å²) in [7, 11) is 5.22. The van der Waals surface area contributed by atoms with Crippen molar-refractivity contribution in [1.29, 1.82) is 0 Å². The van der Waals surface area contributed by atoms with E-state index in [0.29, 0.717) is 6.42 Å². The van der Waals surface area contributed by atoms with Crippen LogP contribution >= 0.6 is 0 Å². The lowest BCUT2D eigenvalue weighted by Gasteiger charge is -2.47. The minimum atomic E-state index is -1.40. The molecule has 3 heterocycles. The molecule has 47 heavy (non-hydrogen) atoms. The van der Waals surface area contributed by atoms with Crippen LogP contribution in [0.5, 0.6) is 0 Å². The van der Waals surface area contributed by atoms with Crippen molar-refractivity contribution in [2.45, 2.75) is 149 Å². The molecular formula is C34H59N3O10. The van der Waals surface area contributed by atoms with Crippen LogP contribution in [0.1, 0.15) is 88.5 Å². The predicted molar refractivity (Wildman–Crippen MR) is 173 cm³/mol. The van der Waals surface area contributed by atoms with Gasteiger partial charge in [0, 0.05) is 36.9 Å². The number of amides is 1. The number of cyclic esters (lactones) is 1. The molecule has 0 unspecified atom stereocenters. The molecule has 0 aromatic heterocycles. The van der Waals surface area contributed by atoms with Gasteiger partial charge >= 0.3 is 12.1 Å². The molecule has 3 fully saturated rings. The molecule has 3 aliphatic heterocycles. The Balaban J connectivity index is 2.14. The number of ketones is 2. The molecule has 13 nitrogen and oxygen atoms in total. The number of methoxy groups -OCH3 is 1. The summed E-state index contributed by atoms with van der Waals surface area (Å²) in [6, 6.07) is -1.27. The van der Waals surface area contributed by atoms with Crippen molar-refractivity contribution in [3.63, 3.8) is 0 Å². The number of Topliss-reactive ketones (excluding diaryl/α,β-unsaturated/α-hetero) is 2. The summed E-state index contributed by atoms with van der Waals surface area (Å²) < 4.78 is 30.7. The normalized spacial score (nSPS) is 42.7. The number of aliphatic hydroxyl groups excluding tert-OH is 1. The maximum atomic E-state index is 14.3. The number of esters is 1. The number of fused-ring (bicyclic) bond motifs is 1. The number of likely N-dealkylation sites (N-methyl/N-ethyl adjacent to an activating group) is 1. The predicted octanol–water partition coefficient (Wildman–Crippen LogP) is 3.10. The van der Waals surface area contributed by atoms with Crippen LogP contribution in [0.25, 0.3) is 0 Å². The summed E-state index contributed by atoms with van der Waals surface area (Å²) >= 11 is 0. The van der Waals surface area contributed by atoms with Gasteiger partial charge in [0.25, 0.3) is 0 Å². The van der Waals surface area contributed by atoms with Crippen LogP contribution in [-0.4, -0.2) is 120 Å². The Hall–Kier alpha value is -2.16. The van der Waals surface area contributed by atoms with Gasteiger partial charge in [0.15, 0.2) is 17.7 Å². The Labute approximate surface area is 280 Å². The number of carbonyl (C=O) groups excluding carboxylic acids is 4. The minimum absolute atomic E-state index is 0.135. The zero-order valence-corrected chi connectivity index (χ0v) is 30.6. The molecule has 13 atom stereocenters. The lowest BCUT2D eigenvalue weighted by molar-refractivity contribution is -0.295. The number of ether oxygens (including phenoxy) is 5. The Morgan fingerprint density at radius 2 is 1.66 bits per heavy atom. The van der Waals surface area contributed by atoms with E-state index in [0.717, 1.165) is 0 Å². The molecule has 3 aliphatic rings. The van der Waals surface area contributed by atoms with Crippen molar-refractivity contribution in [3.05, 3.63) is 0 Å². The highest BCUT2D eigenvalue weighted by Crippen LogP contribution is 2.42. The van der Waals surface area contributed by atoms with E-state index in [1.807, 2.05) is 39.8 Å². The van der Waals surface area contributed by atoms with Crippen LogP contribution in [0.3, 0.4) is 0 Å². The maximum absolute atomic E-state index is 14.3. The molecule has 270 valence electrons. The highest BCUT2D eigenvalue weighted by atomic mass is 16.7. The Kier molecular flexibility index (Phi) is 12.7. The van der Waals surface area contributed by atoms with Crippen molar-refractivity contribution in [2.75, 3.05) is 21.2 Å². The van der Waals surface area contributed by atoms with Gasteiger partial charge in [-0.2, -0.15) is 0 Å². The zero-order chi connectivity index (χ0) is 35.8. The molecule has 1 amide bonds. The van der Waals surface area contributed by atoms with Crippen LogP contribution in [-0.2, 0) is 38.1 Å². The Morgan fingerprint density at radius 3 is 2.19 bits per heavy atom. The number of aliphatic hydroxyl groups is 1. The minimum Gasteiger partial charge on any atom is -0.458 e. The van der Waals surface area contributed by atoms with Crippen molar-refractivity contribution < 1.29 is 48.0 Å². The van der Waals surface area contributed by atoms with Crippen LogP contribution in [0.15, 0.2) is 0 Å². The van der Waals surface area contributed by atoms with E-state index in [2.05, 4.69) is 5.43 Å². The van der Waals surface area contributed by atoms with Gasteiger partial charge in [-0.3, -0.25) is 14.4 Å². The van der Waals surface area contributed by atoms with Crippen LogP contribution < -0.4 is 5.43 Å². The zero-order valence-electron chi connectivity index (χ0n) is 30.6. The summed E-state index contributed by atoms with van der Waals surface area (Å²) in [4.78, 5) is 57.4. The second kappa shape index (κ2) is 15.2. The molecule has 3 rings (SSSR count). The van der Waals surface area contributed by atoms with Crippen molar-refractivity contribution in [2.24, 2.45) is 23.7 Å². The number of hydrogen-bond donors (Lipinski definition) is 2. The number of nitrogens with zero attached hydrogens (tertiary/aromatic N) is 2. The fourth-order valence-electron chi connectivity index (χ4n) is 7.78. The summed E-state index contributed by atoms with van der Waals surface area (Å²) in [5, 5.41) is 12.7. The standard InChI is InChI=1S/C34H59N3O10/c1-14-24-34(10)28(37(32(42)47-34)35-17(2)3)20(6)25(38)18(4)16-33(9,43-13)29(21(7)26(39)22(8)30(41)45-24)46-31-27(40)23(36(11)12)15-19(5)44-31/h17-24,27-29,31,35,40H,14-16H2,1-13H3/t18-,19-,20+,21+,22-,23+,24-,27-,28-,29-,31+,33-,34-/m1/s1. The van der Waals surface area contributed by atoms with E-state index in [1.165, 1.54) is 19.0 Å². The summed E-state index contributed by atoms with van der Waals surface area (Å²) in [6.07, 6.45) is -4.07. The van der Waals surface area contributed by atoms with Crippen molar-refractivity contribution in [1.82, 2.24) is 15.3 Å². The van der Waals surface area contributed by atoms with Gasteiger partial charge in [-0.05, 0) is 74.9 Å². The molecule has 13 heteroatoms. The lowest BCUT2D eigenvalue weighted by atomic mass is 9.73. The fraction of sp³-hybridized carbons (Fsp3) is 0.882. The molecule has 3 saturated heterocycles. The van der Waals surface area contributed by atoms with E-state index in [9.17, 15) is 24.3 Å². The van der Waals surface area contributed by atoms with Gasteiger partial charge in [0.2, 0.25) is 0 Å². The van der Waals surface area contributed by atoms with Gasteiger partial charge in [0.1, 0.15) is 30.0 Å². The first-order chi connectivity index (χ1) is 21.7. The maximum Gasteiger partial charge on any atom is 0.425 e. The smallest absolute Gasteiger partial charge is 0.425 e. The summed E-state index contributed by atoms with van der Waals surface area (Å²) in [6.45, 7) is 17.5. The SMILES string of the molecule is CC[C@H]1OC(=O)[C@H](C)C(=O)[C@H](C)[C@@H](O[C@@H]2O[C@H](C)C[C@H](N(C)C)[C@H]2O)[C@](C)(OC)C[C@@H](C)C(=O)[C@H](C)[C@H]2N(NC(C)C)C(=O)O[C@]12C. The van der Waals surface area contributed by atoms with E-state index in [1.54, 1.807) is 41.5 Å². The number of hydrazine groups is 1. The average Bonchev–Trinajstić information content (AvgIpc) is 3.25. The first-order valence-corrected chi connectivity index (χ1v) is 17.0. The second-order valence-corrected chi connectivity index (χ2v) is 14.8. The largest absolute Gasteiger partial charge is 0.458 e. The monoisotopic (exact) mass is 669 g/mol. The third-order valence-corrected chi connectivity index (χ3v) is 10.5. The average molecular weight is 670 g/mol. The molecule has 0 bridgehead atoms. The van der Waals surface area contributed by atoms with Crippen molar-refractivity contribution >= 4 is 23.6 Å². The Morgan fingerprint density at radius 1 is 1.04 bits per heavy atom. The topological polar surface area (TPSA) is 153 Å². The van der Waals surface area contributed by atoms with Gasteiger partial charge in [-0.25, -0.2) is 15.2 Å². The molecule has 0 aliphatic carbocycles. The number of rotatable bonds is 7. The molecule has 0 aromatic rings. The van der Waals surface area contributed by atoms with Crippen molar-refractivity contribution in [3.8, 4) is 0 Å². The van der Waals surface area contributed by atoms with E-state index in [4.69, 9.17) is 23.7 Å². The first-order valence-electron chi connectivity index (χ1n) is 17.0. The molecule has 2 N–H and O–H groups in total. The molecule has 0 radical (unpaired) electrons. The van der Waals surface area contributed by atoms with Crippen LogP contribution in [0.2, 0.25) is 0 Å². The highest BCUT2D eigenvalue weighted by molar-refractivity contribution is 6.00. The number of carbonyl (C=O) groups is 4.